The second-order valence-corrected chi connectivity index (χ2v) is 8.68. The molecule has 0 atom stereocenters. The lowest BCUT2D eigenvalue weighted by Gasteiger charge is -2.20. The van der Waals surface area contributed by atoms with E-state index in [0.29, 0.717) is 12.1 Å². The predicted molar refractivity (Wildman–Crippen MR) is 125 cm³/mol. The maximum Gasteiger partial charge on any atom is 0.261 e. The molecule has 4 aromatic rings. The predicted octanol–water partition coefficient (Wildman–Crippen LogP) is 6.31. The van der Waals surface area contributed by atoms with Crippen LogP contribution in [0.4, 0.5) is 5.13 Å². The summed E-state index contributed by atoms with van der Waals surface area (Å²) >= 11 is 3.79. The van der Waals surface area contributed by atoms with Crippen LogP contribution in [0.15, 0.2) is 72.8 Å². The highest BCUT2D eigenvalue weighted by atomic mass is 127. The summed E-state index contributed by atoms with van der Waals surface area (Å²) in [6.45, 7) is 2.64. The maximum atomic E-state index is 13.5. The number of aryl methyl sites for hydroxylation is 1. The van der Waals surface area contributed by atoms with Gasteiger partial charge in [-0.2, -0.15) is 0 Å². The van der Waals surface area contributed by atoms with Gasteiger partial charge in [0.1, 0.15) is 0 Å². The standard InChI is InChI=1S/C23H19IN2OS/c1-2-16-12-13-20-21(14-16)28-23(25-20)26(15-17-8-4-3-5-9-17)22(27)18-10-6-7-11-19(18)24/h3-14H,2,15H2,1H3. The smallest absolute Gasteiger partial charge is 0.261 e. The van der Waals surface area contributed by atoms with Gasteiger partial charge in [0.15, 0.2) is 5.13 Å². The van der Waals surface area contributed by atoms with Crippen LogP contribution in [0.25, 0.3) is 10.2 Å². The van der Waals surface area contributed by atoms with Crippen molar-refractivity contribution >= 4 is 55.2 Å². The van der Waals surface area contributed by atoms with Crippen molar-refractivity contribution in [1.82, 2.24) is 4.98 Å². The van der Waals surface area contributed by atoms with E-state index < -0.39 is 0 Å². The summed E-state index contributed by atoms with van der Waals surface area (Å²) < 4.78 is 2.06. The highest BCUT2D eigenvalue weighted by Gasteiger charge is 2.23. The summed E-state index contributed by atoms with van der Waals surface area (Å²) in [5.74, 6) is -0.0244. The number of hydrogen-bond donors (Lipinski definition) is 0. The van der Waals surface area contributed by atoms with E-state index in [2.05, 4.69) is 41.6 Å². The highest BCUT2D eigenvalue weighted by molar-refractivity contribution is 14.1. The van der Waals surface area contributed by atoms with Crippen LogP contribution in [0.5, 0.6) is 0 Å². The third-order valence-corrected chi connectivity index (χ3v) is 6.60. The minimum absolute atomic E-state index is 0.0244. The molecule has 5 heteroatoms. The van der Waals surface area contributed by atoms with E-state index in [1.165, 1.54) is 5.56 Å². The number of aromatic nitrogens is 1. The highest BCUT2D eigenvalue weighted by Crippen LogP contribution is 2.32. The van der Waals surface area contributed by atoms with Gasteiger partial charge in [-0.3, -0.25) is 9.69 Å². The SMILES string of the molecule is CCc1ccc2nc(N(Cc3ccccc3)C(=O)c3ccccc3I)sc2c1. The van der Waals surface area contributed by atoms with Crippen LogP contribution in [0.3, 0.4) is 0 Å². The molecule has 28 heavy (non-hydrogen) atoms. The molecule has 3 aromatic carbocycles. The molecule has 0 radical (unpaired) electrons. The Morgan fingerprint density at radius 1 is 1.00 bits per heavy atom. The van der Waals surface area contributed by atoms with Gasteiger partial charge in [0.05, 0.1) is 22.3 Å². The van der Waals surface area contributed by atoms with Gasteiger partial charge < -0.3 is 0 Å². The van der Waals surface area contributed by atoms with Gasteiger partial charge in [0.25, 0.3) is 5.91 Å². The van der Waals surface area contributed by atoms with E-state index in [-0.39, 0.29) is 5.91 Å². The number of carbonyl (C=O) groups is 1. The monoisotopic (exact) mass is 498 g/mol. The quantitative estimate of drug-likeness (QED) is 0.302. The number of nitrogens with zero attached hydrogens (tertiary/aromatic N) is 2. The topological polar surface area (TPSA) is 33.2 Å². The zero-order chi connectivity index (χ0) is 19.5. The first-order valence-electron chi connectivity index (χ1n) is 9.15. The number of amides is 1. The number of thiazole rings is 1. The normalized spacial score (nSPS) is 10.9. The van der Waals surface area contributed by atoms with Crippen LogP contribution in [0.2, 0.25) is 0 Å². The Morgan fingerprint density at radius 3 is 2.50 bits per heavy atom. The molecule has 140 valence electrons. The molecule has 0 aliphatic rings. The second-order valence-electron chi connectivity index (χ2n) is 6.51. The zero-order valence-electron chi connectivity index (χ0n) is 15.4. The molecule has 0 spiro atoms. The Bertz CT molecular complexity index is 1120. The molecule has 0 unspecified atom stereocenters. The molecule has 3 nitrogen and oxygen atoms in total. The van der Waals surface area contributed by atoms with Gasteiger partial charge in [-0.05, 0) is 64.4 Å². The fraction of sp³-hybridized carbons (Fsp3) is 0.130. The Morgan fingerprint density at radius 2 is 1.75 bits per heavy atom. The summed E-state index contributed by atoms with van der Waals surface area (Å²) in [6, 6.07) is 24.1. The van der Waals surface area contributed by atoms with Gasteiger partial charge in [-0.1, -0.05) is 66.8 Å². The van der Waals surface area contributed by atoms with Crippen LogP contribution in [0, 0.1) is 3.57 Å². The average molecular weight is 498 g/mol. The van der Waals surface area contributed by atoms with Crippen LogP contribution >= 0.6 is 33.9 Å². The minimum atomic E-state index is -0.0244. The van der Waals surface area contributed by atoms with Gasteiger partial charge in [0.2, 0.25) is 0 Å². The van der Waals surface area contributed by atoms with Crippen molar-refractivity contribution in [2.75, 3.05) is 4.90 Å². The second kappa shape index (κ2) is 8.41. The lowest BCUT2D eigenvalue weighted by molar-refractivity contribution is 0.0984. The molecular weight excluding hydrogens is 479 g/mol. The van der Waals surface area contributed by atoms with Crippen LogP contribution in [-0.2, 0) is 13.0 Å². The van der Waals surface area contributed by atoms with Crippen LogP contribution < -0.4 is 4.90 Å². The molecule has 0 aliphatic heterocycles. The first-order chi connectivity index (χ1) is 13.7. The van der Waals surface area contributed by atoms with Gasteiger partial charge in [-0.15, -0.1) is 0 Å². The van der Waals surface area contributed by atoms with E-state index in [1.807, 2.05) is 60.7 Å². The molecular formula is C23H19IN2OS. The number of fused-ring (bicyclic) bond motifs is 1. The van der Waals surface area contributed by atoms with E-state index in [0.717, 1.165) is 30.9 Å². The molecule has 0 fully saturated rings. The first-order valence-corrected chi connectivity index (χ1v) is 11.0. The van der Waals surface area contributed by atoms with Gasteiger partial charge in [0, 0.05) is 3.57 Å². The Hall–Kier alpha value is -2.25. The van der Waals surface area contributed by atoms with Crippen LogP contribution in [0.1, 0.15) is 28.4 Å². The lowest BCUT2D eigenvalue weighted by atomic mass is 10.1. The molecule has 0 aliphatic carbocycles. The fourth-order valence-corrected chi connectivity index (χ4v) is 4.71. The number of anilines is 1. The maximum absolute atomic E-state index is 13.5. The number of hydrogen-bond acceptors (Lipinski definition) is 3. The summed E-state index contributed by atoms with van der Waals surface area (Å²) in [5, 5.41) is 0.733. The molecule has 4 rings (SSSR count). The van der Waals surface area contributed by atoms with E-state index >= 15 is 0 Å². The summed E-state index contributed by atoms with van der Waals surface area (Å²) in [4.78, 5) is 20.0. The Balaban J connectivity index is 1.78. The molecule has 1 amide bonds. The molecule has 0 bridgehead atoms. The first kappa shape index (κ1) is 19.1. The molecule has 0 saturated heterocycles. The van der Waals surface area contributed by atoms with Crippen molar-refractivity contribution in [3.8, 4) is 0 Å². The molecule has 1 aromatic heterocycles. The minimum Gasteiger partial charge on any atom is -0.279 e. The summed E-state index contributed by atoms with van der Waals surface area (Å²) in [7, 11) is 0. The van der Waals surface area contributed by atoms with E-state index in [9.17, 15) is 4.79 Å². The van der Waals surface area contributed by atoms with E-state index in [1.54, 1.807) is 16.2 Å². The van der Waals surface area contributed by atoms with Crippen molar-refractivity contribution < 1.29 is 4.79 Å². The summed E-state index contributed by atoms with van der Waals surface area (Å²) in [5.41, 5.74) is 4.00. The van der Waals surface area contributed by atoms with Gasteiger partial charge >= 0.3 is 0 Å². The molecule has 1 heterocycles. The number of carbonyl (C=O) groups excluding carboxylic acids is 1. The Labute approximate surface area is 182 Å². The third kappa shape index (κ3) is 3.95. The third-order valence-electron chi connectivity index (χ3n) is 4.61. The Kier molecular flexibility index (Phi) is 5.73. The fourth-order valence-electron chi connectivity index (χ4n) is 3.06. The van der Waals surface area contributed by atoms with E-state index in [4.69, 9.17) is 4.98 Å². The van der Waals surface area contributed by atoms with Crippen LogP contribution in [-0.4, -0.2) is 10.9 Å². The number of rotatable bonds is 5. The number of halogens is 1. The van der Waals surface area contributed by atoms with Gasteiger partial charge in [-0.25, -0.2) is 4.98 Å². The van der Waals surface area contributed by atoms with Crippen molar-refractivity contribution in [1.29, 1.82) is 0 Å². The average Bonchev–Trinajstić information content (AvgIpc) is 3.15. The molecule has 0 N–H and O–H groups in total. The molecule has 0 saturated carbocycles. The summed E-state index contributed by atoms with van der Waals surface area (Å²) in [6.07, 6.45) is 0.984. The largest absolute Gasteiger partial charge is 0.279 e. The van der Waals surface area contributed by atoms with Crippen molar-refractivity contribution in [3.63, 3.8) is 0 Å². The zero-order valence-corrected chi connectivity index (χ0v) is 18.4. The lowest BCUT2D eigenvalue weighted by Crippen LogP contribution is -2.30. The van der Waals surface area contributed by atoms with Crippen molar-refractivity contribution in [2.45, 2.75) is 19.9 Å². The number of benzene rings is 3. The van der Waals surface area contributed by atoms with Crippen molar-refractivity contribution in [2.24, 2.45) is 0 Å². The van der Waals surface area contributed by atoms with Crippen molar-refractivity contribution in [3.05, 3.63) is 93.1 Å².